The Balaban J connectivity index is 2.12. The van der Waals surface area contributed by atoms with Crippen LogP contribution in [0.3, 0.4) is 0 Å². The molecule has 2 aliphatic rings. The molecule has 0 aromatic heterocycles. The van der Waals surface area contributed by atoms with E-state index in [1.54, 1.807) is 0 Å². The van der Waals surface area contributed by atoms with Crippen molar-refractivity contribution in [2.24, 2.45) is 5.73 Å². The van der Waals surface area contributed by atoms with E-state index in [2.05, 4.69) is 11.8 Å². The smallest absolute Gasteiger partial charge is 0.153 e. The molecule has 6 heteroatoms. The highest BCUT2D eigenvalue weighted by molar-refractivity contribution is 7.91. The Morgan fingerprint density at radius 2 is 2.00 bits per heavy atom. The summed E-state index contributed by atoms with van der Waals surface area (Å²) in [7, 11) is -2.94. The number of hydrogen-bond acceptors (Lipinski definition) is 5. The molecule has 0 aliphatic carbocycles. The molecule has 4 atom stereocenters. The van der Waals surface area contributed by atoms with Crippen LogP contribution in [-0.2, 0) is 14.6 Å². The fraction of sp³-hybridized carbons (Fsp3) is 1.00. The second-order valence-electron chi connectivity index (χ2n) is 5.00. The van der Waals surface area contributed by atoms with Gasteiger partial charge in [-0.05, 0) is 13.8 Å². The second-order valence-corrected chi connectivity index (χ2v) is 7.15. The molecule has 0 aromatic carbocycles. The number of rotatable bonds is 1. The zero-order valence-corrected chi connectivity index (χ0v) is 10.6. The molecule has 0 spiro atoms. The van der Waals surface area contributed by atoms with Crippen molar-refractivity contribution in [1.82, 2.24) is 4.90 Å². The first-order valence-corrected chi connectivity index (χ1v) is 7.54. The monoisotopic (exact) mass is 248 g/mol. The van der Waals surface area contributed by atoms with Crippen LogP contribution in [0.1, 0.15) is 13.8 Å². The van der Waals surface area contributed by atoms with Gasteiger partial charge in [-0.2, -0.15) is 0 Å². The number of morpholine rings is 1. The van der Waals surface area contributed by atoms with Gasteiger partial charge in [-0.1, -0.05) is 0 Å². The van der Waals surface area contributed by atoms with E-state index in [9.17, 15) is 8.42 Å². The second kappa shape index (κ2) is 4.25. The highest BCUT2D eigenvalue weighted by atomic mass is 32.2. The number of ether oxygens (including phenoxy) is 1. The lowest BCUT2D eigenvalue weighted by Crippen LogP contribution is -2.57. The van der Waals surface area contributed by atoms with Gasteiger partial charge in [0, 0.05) is 24.7 Å². The molecular weight excluding hydrogens is 228 g/mol. The molecule has 2 fully saturated rings. The number of sulfone groups is 1. The minimum Gasteiger partial charge on any atom is -0.376 e. The summed E-state index contributed by atoms with van der Waals surface area (Å²) >= 11 is 0. The maximum absolute atomic E-state index is 11.5. The van der Waals surface area contributed by atoms with E-state index in [4.69, 9.17) is 10.5 Å². The maximum Gasteiger partial charge on any atom is 0.153 e. The molecule has 16 heavy (non-hydrogen) atoms. The van der Waals surface area contributed by atoms with E-state index in [1.807, 2.05) is 6.92 Å². The third-order valence-electron chi connectivity index (χ3n) is 3.45. The predicted molar refractivity (Wildman–Crippen MR) is 62.0 cm³/mol. The van der Waals surface area contributed by atoms with Crippen LogP contribution in [0.25, 0.3) is 0 Å². The molecule has 2 N–H and O–H groups in total. The van der Waals surface area contributed by atoms with Crippen molar-refractivity contribution >= 4 is 9.84 Å². The lowest BCUT2D eigenvalue weighted by Gasteiger charge is -2.41. The van der Waals surface area contributed by atoms with E-state index in [1.165, 1.54) is 0 Å². The van der Waals surface area contributed by atoms with Gasteiger partial charge in [-0.3, -0.25) is 4.90 Å². The summed E-state index contributed by atoms with van der Waals surface area (Å²) in [6.07, 6.45) is 0.159. The van der Waals surface area contributed by atoms with Crippen LogP contribution in [0.5, 0.6) is 0 Å². The van der Waals surface area contributed by atoms with E-state index in [0.717, 1.165) is 6.54 Å². The number of nitrogens with two attached hydrogens (primary N) is 1. The third-order valence-corrected chi connectivity index (χ3v) is 5.19. The van der Waals surface area contributed by atoms with Gasteiger partial charge in [-0.15, -0.1) is 0 Å². The van der Waals surface area contributed by atoms with Crippen molar-refractivity contribution in [3.8, 4) is 0 Å². The summed E-state index contributed by atoms with van der Waals surface area (Å²) in [4.78, 5) is 2.20. The standard InChI is InChI=1S/C10H20N2O3S/c1-7-4-15-8(2)3-12(7)10-6-16(13,14)5-9(10)11/h7-10H,3-6,11H2,1-2H3. The zero-order chi connectivity index (χ0) is 11.9. The van der Waals surface area contributed by atoms with Gasteiger partial charge in [0.1, 0.15) is 0 Å². The van der Waals surface area contributed by atoms with E-state index in [-0.39, 0.29) is 35.7 Å². The van der Waals surface area contributed by atoms with Crippen molar-refractivity contribution in [2.45, 2.75) is 38.1 Å². The molecule has 0 bridgehead atoms. The van der Waals surface area contributed by atoms with Crippen molar-refractivity contribution in [3.63, 3.8) is 0 Å². The van der Waals surface area contributed by atoms with Crippen molar-refractivity contribution in [2.75, 3.05) is 24.7 Å². The summed E-state index contributed by atoms with van der Waals surface area (Å²) in [6, 6.07) is -0.0374. The molecule has 0 saturated carbocycles. The molecule has 0 radical (unpaired) electrons. The largest absolute Gasteiger partial charge is 0.376 e. The maximum atomic E-state index is 11.5. The highest BCUT2D eigenvalue weighted by Gasteiger charge is 2.41. The Kier molecular flexibility index (Phi) is 3.27. The molecule has 2 rings (SSSR count). The lowest BCUT2D eigenvalue weighted by atomic mass is 10.1. The normalized spacial score (nSPS) is 44.7. The van der Waals surface area contributed by atoms with E-state index in [0.29, 0.717) is 6.61 Å². The van der Waals surface area contributed by atoms with Crippen LogP contribution in [0.2, 0.25) is 0 Å². The van der Waals surface area contributed by atoms with E-state index < -0.39 is 9.84 Å². The quantitative estimate of drug-likeness (QED) is 0.659. The Bertz CT molecular complexity index is 357. The fourth-order valence-corrected chi connectivity index (χ4v) is 4.49. The first-order chi connectivity index (χ1) is 7.39. The van der Waals surface area contributed by atoms with E-state index >= 15 is 0 Å². The number of hydrogen-bond donors (Lipinski definition) is 1. The molecule has 2 aliphatic heterocycles. The summed E-state index contributed by atoms with van der Waals surface area (Å²) in [5.41, 5.74) is 5.93. The van der Waals surface area contributed by atoms with Crippen molar-refractivity contribution in [3.05, 3.63) is 0 Å². The molecule has 5 nitrogen and oxygen atoms in total. The first-order valence-electron chi connectivity index (χ1n) is 5.72. The van der Waals surface area contributed by atoms with Gasteiger partial charge in [-0.25, -0.2) is 8.42 Å². The van der Waals surface area contributed by atoms with Crippen LogP contribution in [0.15, 0.2) is 0 Å². The first kappa shape index (κ1) is 12.3. The highest BCUT2D eigenvalue weighted by Crippen LogP contribution is 2.22. The average Bonchev–Trinajstić information content (AvgIpc) is 2.44. The van der Waals surface area contributed by atoms with Crippen molar-refractivity contribution in [1.29, 1.82) is 0 Å². The van der Waals surface area contributed by atoms with Crippen molar-refractivity contribution < 1.29 is 13.2 Å². The van der Waals surface area contributed by atoms with Gasteiger partial charge in [0.05, 0.1) is 24.2 Å². The molecule has 2 saturated heterocycles. The Labute approximate surface area is 96.9 Å². The summed E-state index contributed by atoms with van der Waals surface area (Å²) in [6.45, 7) is 5.50. The Morgan fingerprint density at radius 1 is 1.31 bits per heavy atom. The average molecular weight is 248 g/mol. The van der Waals surface area contributed by atoms with Gasteiger partial charge in [0.15, 0.2) is 9.84 Å². The fourth-order valence-electron chi connectivity index (χ4n) is 2.59. The van der Waals surface area contributed by atoms with Gasteiger partial charge in [0.2, 0.25) is 0 Å². The molecule has 4 unspecified atom stereocenters. The topological polar surface area (TPSA) is 72.6 Å². The Morgan fingerprint density at radius 3 is 2.56 bits per heavy atom. The SMILES string of the molecule is CC1CN(C2CS(=O)(=O)CC2N)C(C)CO1. The lowest BCUT2D eigenvalue weighted by molar-refractivity contribution is -0.0641. The molecular formula is C10H20N2O3S. The predicted octanol–water partition coefficient (Wildman–Crippen LogP) is -0.780. The van der Waals surface area contributed by atoms with Gasteiger partial charge >= 0.3 is 0 Å². The summed E-state index contributed by atoms with van der Waals surface area (Å²) in [5, 5.41) is 0. The van der Waals surface area contributed by atoms with Crippen LogP contribution in [0.4, 0.5) is 0 Å². The third kappa shape index (κ3) is 2.40. The molecule has 0 amide bonds. The minimum atomic E-state index is -2.94. The van der Waals surface area contributed by atoms with Crippen LogP contribution in [0, 0.1) is 0 Å². The minimum absolute atomic E-state index is 0.0358. The molecule has 0 aromatic rings. The summed E-state index contributed by atoms with van der Waals surface area (Å²) in [5.74, 6) is 0.321. The van der Waals surface area contributed by atoms with Crippen LogP contribution in [-0.4, -0.2) is 62.2 Å². The van der Waals surface area contributed by atoms with Gasteiger partial charge < -0.3 is 10.5 Å². The Hall–Kier alpha value is -0.170. The van der Waals surface area contributed by atoms with Crippen LogP contribution < -0.4 is 5.73 Å². The summed E-state index contributed by atoms with van der Waals surface area (Å²) < 4.78 is 28.6. The molecule has 2 heterocycles. The van der Waals surface area contributed by atoms with Crippen LogP contribution >= 0.6 is 0 Å². The van der Waals surface area contributed by atoms with Gasteiger partial charge in [0.25, 0.3) is 0 Å². The number of nitrogens with zero attached hydrogens (tertiary/aromatic N) is 1. The zero-order valence-electron chi connectivity index (χ0n) is 9.80. The molecule has 94 valence electrons.